The Balaban J connectivity index is 0.000000453. The maximum atomic E-state index is 12.4. The summed E-state index contributed by atoms with van der Waals surface area (Å²) in [5.74, 6) is -0.778. The van der Waals surface area contributed by atoms with Crippen molar-refractivity contribution in [2.75, 3.05) is 91.4 Å². The molecule has 2 aromatic rings. The summed E-state index contributed by atoms with van der Waals surface area (Å²) in [5.41, 5.74) is 1.88. The lowest BCUT2D eigenvalue weighted by Crippen LogP contribution is -2.38. The minimum Gasteiger partial charge on any atom is -0.460 e. The Kier molecular flexibility index (Phi) is 18.3. The zero-order valence-electron chi connectivity index (χ0n) is 26.3. The monoisotopic (exact) mass is 606 g/mol. The molecule has 0 aliphatic heterocycles. The largest absolute Gasteiger partial charge is 0.460 e. The van der Waals surface area contributed by atoms with E-state index in [9.17, 15) is 14.4 Å². The second kappa shape index (κ2) is 21.1. The van der Waals surface area contributed by atoms with E-state index >= 15 is 0 Å². The molecule has 1 amide bonds. The zero-order chi connectivity index (χ0) is 32.1. The van der Waals surface area contributed by atoms with Crippen molar-refractivity contribution in [1.82, 2.24) is 0 Å². The smallest absolute Gasteiger partial charge is 0.414 e. The Morgan fingerprint density at radius 3 is 1.56 bits per heavy atom. The standard InChI is InChI=1S/C18H27NO6.C13H19NO4/c1-18(2,3)25-17(21)19(10-11-22-4)15-8-6-14(7-9-15)16(20)24-13-12-23-5;1-16-8-7-14-12-5-3-11(4-6-12)13(15)18-10-9-17-2/h6-9H,10-13H2,1-5H3;3-6,14H,7-10H2,1-2H3. The highest BCUT2D eigenvalue weighted by Crippen LogP contribution is 2.19. The molecule has 0 aliphatic carbocycles. The summed E-state index contributed by atoms with van der Waals surface area (Å²) in [6.45, 7) is 8.68. The number of hydrogen-bond acceptors (Lipinski definition) is 11. The van der Waals surface area contributed by atoms with Gasteiger partial charge in [0.25, 0.3) is 0 Å². The lowest BCUT2D eigenvalue weighted by atomic mass is 10.2. The van der Waals surface area contributed by atoms with E-state index in [0.29, 0.717) is 49.8 Å². The first-order valence-electron chi connectivity index (χ1n) is 13.8. The Morgan fingerprint density at radius 2 is 1.12 bits per heavy atom. The van der Waals surface area contributed by atoms with Gasteiger partial charge in [-0.3, -0.25) is 4.90 Å². The second-order valence-electron chi connectivity index (χ2n) is 9.93. The SMILES string of the molecule is COCCNc1ccc(C(=O)OCCOC)cc1.COCCOC(=O)c1ccc(N(CCOC)C(=O)OC(C)(C)C)cc1. The Labute approximate surface area is 254 Å². The highest BCUT2D eigenvalue weighted by atomic mass is 16.6. The third-order valence-corrected chi connectivity index (χ3v) is 5.34. The lowest BCUT2D eigenvalue weighted by molar-refractivity contribution is 0.0381. The van der Waals surface area contributed by atoms with Crippen LogP contribution in [-0.2, 0) is 33.2 Å². The molecule has 0 aromatic heterocycles. The molecule has 0 saturated heterocycles. The van der Waals surface area contributed by atoms with Crippen molar-refractivity contribution in [2.24, 2.45) is 0 Å². The fourth-order valence-electron chi connectivity index (χ4n) is 3.23. The second-order valence-corrected chi connectivity index (χ2v) is 9.93. The summed E-state index contributed by atoms with van der Waals surface area (Å²) in [4.78, 5) is 37.3. The Bertz CT molecular complexity index is 1070. The van der Waals surface area contributed by atoms with Gasteiger partial charge >= 0.3 is 18.0 Å². The van der Waals surface area contributed by atoms with Gasteiger partial charge in [0, 0.05) is 46.4 Å². The molecular formula is C31H46N2O10. The number of nitrogens with zero attached hydrogens (tertiary/aromatic N) is 1. The zero-order valence-corrected chi connectivity index (χ0v) is 26.3. The van der Waals surface area contributed by atoms with E-state index in [4.69, 9.17) is 33.2 Å². The fourth-order valence-corrected chi connectivity index (χ4v) is 3.23. The van der Waals surface area contributed by atoms with Gasteiger partial charge in [-0.1, -0.05) is 0 Å². The van der Waals surface area contributed by atoms with Crippen LogP contribution in [0, 0.1) is 0 Å². The number of rotatable bonds is 16. The molecule has 12 heteroatoms. The third kappa shape index (κ3) is 15.9. The van der Waals surface area contributed by atoms with Gasteiger partial charge in [0.1, 0.15) is 18.8 Å². The highest BCUT2D eigenvalue weighted by molar-refractivity contribution is 5.92. The van der Waals surface area contributed by atoms with Crippen LogP contribution in [0.2, 0.25) is 0 Å². The van der Waals surface area contributed by atoms with Crippen molar-refractivity contribution in [3.05, 3.63) is 59.7 Å². The third-order valence-electron chi connectivity index (χ3n) is 5.34. The first-order chi connectivity index (χ1) is 20.6. The van der Waals surface area contributed by atoms with Gasteiger partial charge in [0.2, 0.25) is 0 Å². The van der Waals surface area contributed by atoms with E-state index in [-0.39, 0.29) is 19.2 Å². The molecule has 0 atom stereocenters. The normalized spacial score (nSPS) is 10.7. The van der Waals surface area contributed by atoms with Crippen LogP contribution < -0.4 is 10.2 Å². The molecular weight excluding hydrogens is 560 g/mol. The summed E-state index contributed by atoms with van der Waals surface area (Å²) in [5, 5.41) is 3.17. The van der Waals surface area contributed by atoms with Gasteiger partial charge in [0.15, 0.2) is 0 Å². The maximum Gasteiger partial charge on any atom is 0.414 e. The average Bonchev–Trinajstić information content (AvgIpc) is 2.98. The van der Waals surface area contributed by atoms with Crippen LogP contribution >= 0.6 is 0 Å². The van der Waals surface area contributed by atoms with E-state index in [2.05, 4.69) is 5.32 Å². The van der Waals surface area contributed by atoms with Gasteiger partial charge in [-0.15, -0.1) is 0 Å². The number of methoxy groups -OCH3 is 4. The number of nitrogens with one attached hydrogen (secondary N) is 1. The topological polar surface area (TPSA) is 131 Å². The van der Waals surface area contributed by atoms with Crippen molar-refractivity contribution < 1.29 is 47.5 Å². The summed E-state index contributed by atoms with van der Waals surface area (Å²) in [6, 6.07) is 13.7. The predicted molar refractivity (Wildman–Crippen MR) is 163 cm³/mol. The van der Waals surface area contributed by atoms with E-state index < -0.39 is 17.7 Å². The van der Waals surface area contributed by atoms with Crippen molar-refractivity contribution in [2.45, 2.75) is 26.4 Å². The van der Waals surface area contributed by atoms with Crippen LogP contribution in [0.15, 0.2) is 48.5 Å². The molecule has 12 nitrogen and oxygen atoms in total. The van der Waals surface area contributed by atoms with Crippen LogP contribution in [0.3, 0.4) is 0 Å². The predicted octanol–water partition coefficient (Wildman–Crippen LogP) is 4.43. The lowest BCUT2D eigenvalue weighted by Gasteiger charge is -2.27. The first-order valence-corrected chi connectivity index (χ1v) is 13.8. The summed E-state index contributed by atoms with van der Waals surface area (Å²) in [6.07, 6.45) is -0.472. The quantitative estimate of drug-likeness (QED) is 0.165. The van der Waals surface area contributed by atoms with Crippen LogP contribution in [0.25, 0.3) is 0 Å². The Morgan fingerprint density at radius 1 is 0.651 bits per heavy atom. The van der Waals surface area contributed by atoms with E-state index in [1.807, 2.05) is 12.1 Å². The number of esters is 2. The molecule has 0 fully saturated rings. The van der Waals surface area contributed by atoms with Crippen LogP contribution in [0.4, 0.5) is 16.2 Å². The number of benzene rings is 2. The molecule has 0 heterocycles. The van der Waals surface area contributed by atoms with Gasteiger partial charge < -0.3 is 38.5 Å². The molecule has 0 radical (unpaired) electrons. The molecule has 0 aliphatic rings. The van der Waals surface area contributed by atoms with Crippen LogP contribution in [0.1, 0.15) is 41.5 Å². The van der Waals surface area contributed by atoms with Crippen LogP contribution in [0.5, 0.6) is 0 Å². The number of anilines is 2. The maximum absolute atomic E-state index is 12.4. The van der Waals surface area contributed by atoms with Crippen molar-refractivity contribution in [3.63, 3.8) is 0 Å². The molecule has 1 N–H and O–H groups in total. The summed E-state index contributed by atoms with van der Waals surface area (Å²) in [7, 11) is 6.31. The highest BCUT2D eigenvalue weighted by Gasteiger charge is 2.23. The summed E-state index contributed by atoms with van der Waals surface area (Å²) < 4.78 is 35.1. The van der Waals surface area contributed by atoms with Gasteiger partial charge in [-0.05, 0) is 69.3 Å². The van der Waals surface area contributed by atoms with Gasteiger partial charge in [-0.25, -0.2) is 14.4 Å². The average molecular weight is 607 g/mol. The molecule has 0 spiro atoms. The Hall–Kier alpha value is -3.71. The molecule has 2 aromatic carbocycles. The molecule has 0 saturated carbocycles. The van der Waals surface area contributed by atoms with E-state index in [1.165, 1.54) is 12.0 Å². The van der Waals surface area contributed by atoms with Crippen molar-refractivity contribution >= 4 is 29.4 Å². The molecule has 0 unspecified atom stereocenters. The van der Waals surface area contributed by atoms with Crippen LogP contribution in [-0.4, -0.2) is 105 Å². The first kappa shape index (κ1) is 37.3. The van der Waals surface area contributed by atoms with Crippen molar-refractivity contribution in [3.8, 4) is 0 Å². The molecule has 43 heavy (non-hydrogen) atoms. The molecule has 0 bridgehead atoms. The number of ether oxygens (including phenoxy) is 7. The minimum atomic E-state index is -0.604. The van der Waals surface area contributed by atoms with E-state index in [1.54, 1.807) is 78.5 Å². The summed E-state index contributed by atoms with van der Waals surface area (Å²) >= 11 is 0. The minimum absolute atomic E-state index is 0.189. The molecule has 2 rings (SSSR count). The number of hydrogen-bond donors (Lipinski definition) is 1. The number of carbonyl (C=O) groups is 3. The van der Waals surface area contributed by atoms with Gasteiger partial charge in [-0.2, -0.15) is 0 Å². The van der Waals surface area contributed by atoms with E-state index in [0.717, 1.165) is 12.2 Å². The molecule has 240 valence electrons. The fraction of sp³-hybridized carbons (Fsp3) is 0.516. The number of carbonyl (C=O) groups excluding carboxylic acids is 3. The van der Waals surface area contributed by atoms with Crippen molar-refractivity contribution in [1.29, 1.82) is 0 Å². The van der Waals surface area contributed by atoms with Gasteiger partial charge in [0.05, 0.1) is 44.1 Å². The number of amides is 1.